The zero-order valence-corrected chi connectivity index (χ0v) is 12.6. The molecule has 0 atom stereocenters. The quantitative estimate of drug-likeness (QED) is 0.903. The lowest BCUT2D eigenvalue weighted by Crippen LogP contribution is -2.30. The standard InChI is InChI=1S/C17H25NO3/c19-17(20)15-8-7-9-16(14-15)21-13-12-18-10-5-3-1-2-4-6-11-18/h7-9,14H,1-6,10-13H2,(H,19,20). The first-order valence-corrected chi connectivity index (χ1v) is 7.94. The number of ether oxygens (including phenoxy) is 1. The lowest BCUT2D eigenvalue weighted by Gasteiger charge is -2.21. The zero-order chi connectivity index (χ0) is 14.9. The molecule has 2 rings (SSSR count). The van der Waals surface area contributed by atoms with E-state index in [9.17, 15) is 4.79 Å². The molecular weight excluding hydrogens is 266 g/mol. The minimum absolute atomic E-state index is 0.273. The molecule has 1 aromatic carbocycles. The van der Waals surface area contributed by atoms with Crippen LogP contribution in [0.2, 0.25) is 0 Å². The maximum Gasteiger partial charge on any atom is 0.335 e. The molecule has 1 fully saturated rings. The molecule has 0 unspecified atom stereocenters. The van der Waals surface area contributed by atoms with Gasteiger partial charge < -0.3 is 9.84 Å². The summed E-state index contributed by atoms with van der Waals surface area (Å²) in [6, 6.07) is 6.70. The summed E-state index contributed by atoms with van der Waals surface area (Å²) >= 11 is 0. The van der Waals surface area contributed by atoms with Gasteiger partial charge in [0.2, 0.25) is 0 Å². The van der Waals surface area contributed by atoms with E-state index >= 15 is 0 Å². The average Bonchev–Trinajstić information content (AvgIpc) is 2.61. The van der Waals surface area contributed by atoms with Gasteiger partial charge in [-0.3, -0.25) is 4.90 Å². The summed E-state index contributed by atoms with van der Waals surface area (Å²) in [7, 11) is 0. The predicted octanol–water partition coefficient (Wildman–Crippen LogP) is 3.42. The fourth-order valence-electron chi connectivity index (χ4n) is 2.72. The van der Waals surface area contributed by atoms with Crippen LogP contribution in [0.25, 0.3) is 0 Å². The third kappa shape index (κ3) is 5.76. The summed E-state index contributed by atoms with van der Waals surface area (Å²) in [6.07, 6.45) is 7.94. The van der Waals surface area contributed by atoms with Gasteiger partial charge in [0.05, 0.1) is 5.56 Å². The SMILES string of the molecule is O=C(O)c1cccc(OCCN2CCCCCCCC2)c1. The monoisotopic (exact) mass is 291 g/mol. The lowest BCUT2D eigenvalue weighted by molar-refractivity contribution is 0.0696. The lowest BCUT2D eigenvalue weighted by atomic mass is 10.1. The van der Waals surface area contributed by atoms with Gasteiger partial charge in [0, 0.05) is 6.54 Å². The Morgan fingerprint density at radius 3 is 2.43 bits per heavy atom. The highest BCUT2D eigenvalue weighted by Gasteiger charge is 2.08. The highest BCUT2D eigenvalue weighted by molar-refractivity contribution is 5.87. The molecule has 0 aliphatic carbocycles. The summed E-state index contributed by atoms with van der Waals surface area (Å²) in [6.45, 7) is 3.83. The smallest absolute Gasteiger partial charge is 0.335 e. The molecule has 4 nitrogen and oxygen atoms in total. The van der Waals surface area contributed by atoms with Crippen LogP contribution in [0.1, 0.15) is 48.9 Å². The van der Waals surface area contributed by atoms with Crippen molar-refractivity contribution in [2.45, 2.75) is 38.5 Å². The average molecular weight is 291 g/mol. The van der Waals surface area contributed by atoms with Crippen molar-refractivity contribution in [3.63, 3.8) is 0 Å². The Balaban J connectivity index is 1.77. The first kappa shape index (κ1) is 15.8. The van der Waals surface area contributed by atoms with Crippen molar-refractivity contribution in [2.24, 2.45) is 0 Å². The molecule has 0 bridgehead atoms. The van der Waals surface area contributed by atoms with Gasteiger partial charge in [-0.1, -0.05) is 31.7 Å². The molecule has 116 valence electrons. The van der Waals surface area contributed by atoms with E-state index in [-0.39, 0.29) is 5.56 Å². The van der Waals surface area contributed by atoms with E-state index < -0.39 is 5.97 Å². The number of carboxylic acids is 1. The summed E-state index contributed by atoms with van der Waals surface area (Å²) in [5, 5.41) is 8.96. The van der Waals surface area contributed by atoms with E-state index in [1.54, 1.807) is 18.2 Å². The number of carbonyl (C=O) groups is 1. The van der Waals surface area contributed by atoms with Gasteiger partial charge in [0.1, 0.15) is 12.4 Å². The van der Waals surface area contributed by atoms with Crippen molar-refractivity contribution >= 4 is 5.97 Å². The maximum absolute atomic E-state index is 10.9. The van der Waals surface area contributed by atoms with Crippen molar-refractivity contribution in [1.82, 2.24) is 4.90 Å². The molecule has 0 saturated carbocycles. The second-order valence-electron chi connectivity index (χ2n) is 5.64. The van der Waals surface area contributed by atoms with Gasteiger partial charge in [-0.2, -0.15) is 0 Å². The molecule has 0 spiro atoms. The van der Waals surface area contributed by atoms with Gasteiger partial charge >= 0.3 is 5.97 Å². The van der Waals surface area contributed by atoms with Gasteiger partial charge in [-0.25, -0.2) is 4.79 Å². The molecule has 4 heteroatoms. The van der Waals surface area contributed by atoms with Crippen LogP contribution in [-0.4, -0.2) is 42.2 Å². The van der Waals surface area contributed by atoms with Crippen molar-refractivity contribution < 1.29 is 14.6 Å². The highest BCUT2D eigenvalue weighted by Crippen LogP contribution is 2.14. The van der Waals surface area contributed by atoms with Crippen molar-refractivity contribution in [3.8, 4) is 5.75 Å². The molecule has 0 radical (unpaired) electrons. The third-order valence-corrected chi connectivity index (χ3v) is 3.96. The minimum atomic E-state index is -0.916. The Bertz CT molecular complexity index is 437. The highest BCUT2D eigenvalue weighted by atomic mass is 16.5. The van der Waals surface area contributed by atoms with E-state index in [4.69, 9.17) is 9.84 Å². The third-order valence-electron chi connectivity index (χ3n) is 3.96. The van der Waals surface area contributed by atoms with Crippen LogP contribution in [0.3, 0.4) is 0 Å². The molecule has 0 amide bonds. The van der Waals surface area contributed by atoms with Crippen LogP contribution in [0, 0.1) is 0 Å². The van der Waals surface area contributed by atoms with E-state index in [1.165, 1.54) is 38.5 Å². The fraction of sp³-hybridized carbons (Fsp3) is 0.588. The Labute approximate surface area is 126 Å². The number of aromatic carboxylic acids is 1. The van der Waals surface area contributed by atoms with Crippen LogP contribution in [0.5, 0.6) is 5.75 Å². The molecule has 1 aliphatic heterocycles. The Hall–Kier alpha value is -1.55. The van der Waals surface area contributed by atoms with Crippen LogP contribution < -0.4 is 4.74 Å². The first-order valence-electron chi connectivity index (χ1n) is 7.94. The Morgan fingerprint density at radius 2 is 1.76 bits per heavy atom. The van der Waals surface area contributed by atoms with Crippen LogP contribution >= 0.6 is 0 Å². The molecule has 0 aromatic heterocycles. The van der Waals surface area contributed by atoms with E-state index in [2.05, 4.69) is 4.90 Å². The molecule has 21 heavy (non-hydrogen) atoms. The number of nitrogens with zero attached hydrogens (tertiary/aromatic N) is 1. The molecule has 1 heterocycles. The van der Waals surface area contributed by atoms with Crippen LogP contribution in [0.4, 0.5) is 0 Å². The van der Waals surface area contributed by atoms with Crippen molar-refractivity contribution in [3.05, 3.63) is 29.8 Å². The summed E-state index contributed by atoms with van der Waals surface area (Å²) in [4.78, 5) is 13.4. The second-order valence-corrected chi connectivity index (χ2v) is 5.64. The minimum Gasteiger partial charge on any atom is -0.492 e. The Morgan fingerprint density at radius 1 is 1.10 bits per heavy atom. The van der Waals surface area contributed by atoms with Gasteiger partial charge in [-0.05, 0) is 44.1 Å². The molecule has 1 aromatic rings. The predicted molar refractivity (Wildman–Crippen MR) is 83.0 cm³/mol. The summed E-state index contributed by atoms with van der Waals surface area (Å²) in [5.41, 5.74) is 0.273. The van der Waals surface area contributed by atoms with Crippen molar-refractivity contribution in [2.75, 3.05) is 26.2 Å². The van der Waals surface area contributed by atoms with Gasteiger partial charge in [0.25, 0.3) is 0 Å². The maximum atomic E-state index is 10.9. The number of benzene rings is 1. The normalized spacial score (nSPS) is 17.5. The van der Waals surface area contributed by atoms with E-state index in [1.807, 2.05) is 6.07 Å². The zero-order valence-electron chi connectivity index (χ0n) is 12.6. The molecule has 1 N–H and O–H groups in total. The van der Waals surface area contributed by atoms with Crippen LogP contribution in [0.15, 0.2) is 24.3 Å². The molecular formula is C17H25NO3. The number of carboxylic acid groups (broad SMARTS) is 1. The second kappa shape index (κ2) is 8.67. The van der Waals surface area contributed by atoms with Crippen LogP contribution in [-0.2, 0) is 0 Å². The summed E-state index contributed by atoms with van der Waals surface area (Å²) in [5.74, 6) is -0.278. The van der Waals surface area contributed by atoms with Crippen molar-refractivity contribution in [1.29, 1.82) is 0 Å². The van der Waals surface area contributed by atoms with E-state index in [0.717, 1.165) is 19.6 Å². The topological polar surface area (TPSA) is 49.8 Å². The first-order chi connectivity index (χ1) is 10.3. The van der Waals surface area contributed by atoms with Gasteiger partial charge in [-0.15, -0.1) is 0 Å². The number of hydrogen-bond acceptors (Lipinski definition) is 3. The fourth-order valence-corrected chi connectivity index (χ4v) is 2.72. The molecule has 1 aliphatic rings. The number of hydrogen-bond donors (Lipinski definition) is 1. The number of rotatable bonds is 5. The Kier molecular flexibility index (Phi) is 6.54. The summed E-state index contributed by atoms with van der Waals surface area (Å²) < 4.78 is 5.70. The van der Waals surface area contributed by atoms with Gasteiger partial charge in [0.15, 0.2) is 0 Å². The largest absolute Gasteiger partial charge is 0.492 e. The molecule has 1 saturated heterocycles. The van der Waals surface area contributed by atoms with E-state index in [0.29, 0.717) is 12.4 Å².